The van der Waals surface area contributed by atoms with Crippen LogP contribution >= 0.6 is 15.9 Å². The van der Waals surface area contributed by atoms with Crippen molar-refractivity contribution in [1.29, 1.82) is 0 Å². The fraction of sp³-hybridized carbons (Fsp3) is 0.308. The van der Waals surface area contributed by atoms with Gasteiger partial charge in [0.15, 0.2) is 5.75 Å². The van der Waals surface area contributed by atoms with E-state index in [1.807, 2.05) is 38.4 Å². The fourth-order valence-electron chi connectivity index (χ4n) is 1.70. The van der Waals surface area contributed by atoms with Crippen LogP contribution in [0.25, 0.3) is 0 Å². The van der Waals surface area contributed by atoms with Crippen molar-refractivity contribution in [3.8, 4) is 11.5 Å². The van der Waals surface area contributed by atoms with Gasteiger partial charge in [-0.25, -0.2) is 0 Å². The maximum atomic E-state index is 5.78. The minimum absolute atomic E-state index is 0.155. The van der Waals surface area contributed by atoms with Crippen molar-refractivity contribution < 1.29 is 4.74 Å². The number of aromatic nitrogens is 2. The van der Waals surface area contributed by atoms with Gasteiger partial charge in [-0.05, 0) is 47.0 Å². The van der Waals surface area contributed by atoms with Crippen molar-refractivity contribution in [2.45, 2.75) is 19.4 Å². The largest absolute Gasteiger partial charge is 0.453 e. The SMILES string of the molecule is CC(N)Cc1ccc(Oc2cnn(C)c2)c(Br)c1. The van der Waals surface area contributed by atoms with Crippen molar-refractivity contribution >= 4 is 15.9 Å². The molecule has 0 bridgehead atoms. The molecule has 2 aromatic rings. The molecule has 5 heteroatoms. The van der Waals surface area contributed by atoms with Gasteiger partial charge in [0.2, 0.25) is 0 Å². The molecule has 0 aliphatic heterocycles. The van der Waals surface area contributed by atoms with E-state index < -0.39 is 0 Å². The Labute approximate surface area is 115 Å². The Balaban J connectivity index is 2.14. The summed E-state index contributed by atoms with van der Waals surface area (Å²) >= 11 is 3.51. The summed E-state index contributed by atoms with van der Waals surface area (Å²) in [5.74, 6) is 1.49. The second kappa shape index (κ2) is 5.54. The maximum Gasteiger partial charge on any atom is 0.165 e. The molecule has 0 saturated carbocycles. The molecule has 1 heterocycles. The molecule has 4 nitrogen and oxygen atoms in total. The molecule has 0 radical (unpaired) electrons. The average Bonchev–Trinajstić information content (AvgIpc) is 2.67. The minimum atomic E-state index is 0.155. The van der Waals surface area contributed by atoms with Gasteiger partial charge in [-0.3, -0.25) is 4.68 Å². The molecule has 0 spiro atoms. The highest BCUT2D eigenvalue weighted by molar-refractivity contribution is 9.10. The van der Waals surface area contributed by atoms with Crippen molar-refractivity contribution in [3.63, 3.8) is 0 Å². The number of aryl methyl sites for hydroxylation is 1. The summed E-state index contributed by atoms with van der Waals surface area (Å²) in [6.45, 7) is 1.99. The second-order valence-corrected chi connectivity index (χ2v) is 5.25. The van der Waals surface area contributed by atoms with E-state index in [1.54, 1.807) is 10.9 Å². The molecule has 96 valence electrons. The van der Waals surface area contributed by atoms with Crippen LogP contribution in [0.4, 0.5) is 0 Å². The molecule has 1 atom stereocenters. The van der Waals surface area contributed by atoms with Crippen molar-refractivity contribution in [2.24, 2.45) is 12.8 Å². The van der Waals surface area contributed by atoms with Gasteiger partial charge < -0.3 is 10.5 Å². The summed E-state index contributed by atoms with van der Waals surface area (Å²) in [6.07, 6.45) is 4.36. The van der Waals surface area contributed by atoms with E-state index in [4.69, 9.17) is 10.5 Å². The fourth-order valence-corrected chi connectivity index (χ4v) is 2.21. The lowest BCUT2D eigenvalue weighted by atomic mass is 10.1. The zero-order chi connectivity index (χ0) is 13.1. The summed E-state index contributed by atoms with van der Waals surface area (Å²) in [5, 5.41) is 4.06. The van der Waals surface area contributed by atoms with Crippen molar-refractivity contribution in [3.05, 3.63) is 40.6 Å². The minimum Gasteiger partial charge on any atom is -0.453 e. The van der Waals surface area contributed by atoms with Crippen molar-refractivity contribution in [2.75, 3.05) is 0 Å². The summed E-state index contributed by atoms with van der Waals surface area (Å²) in [7, 11) is 1.85. The van der Waals surface area contributed by atoms with Gasteiger partial charge in [0, 0.05) is 13.1 Å². The molecular weight excluding hydrogens is 294 g/mol. The lowest BCUT2D eigenvalue weighted by molar-refractivity contribution is 0.478. The van der Waals surface area contributed by atoms with E-state index in [-0.39, 0.29) is 6.04 Å². The number of rotatable bonds is 4. The van der Waals surface area contributed by atoms with Crippen LogP contribution < -0.4 is 10.5 Å². The summed E-state index contributed by atoms with van der Waals surface area (Å²) in [4.78, 5) is 0. The summed E-state index contributed by atoms with van der Waals surface area (Å²) < 4.78 is 8.35. The number of benzene rings is 1. The second-order valence-electron chi connectivity index (χ2n) is 4.40. The van der Waals surface area contributed by atoms with E-state index in [2.05, 4.69) is 21.0 Å². The molecular formula is C13H16BrN3O. The standard InChI is InChI=1S/C13H16BrN3O/c1-9(15)5-10-3-4-13(12(14)6-10)18-11-7-16-17(2)8-11/h3-4,6-9H,5,15H2,1-2H3. The molecule has 1 unspecified atom stereocenters. The monoisotopic (exact) mass is 309 g/mol. The topological polar surface area (TPSA) is 53.1 Å². The number of halogens is 1. The molecule has 18 heavy (non-hydrogen) atoms. The Bertz CT molecular complexity index is 537. The molecule has 0 aliphatic carbocycles. The number of nitrogens with zero attached hydrogens (tertiary/aromatic N) is 2. The third-order valence-electron chi connectivity index (χ3n) is 2.46. The number of nitrogens with two attached hydrogens (primary N) is 1. The Morgan fingerprint density at radius 1 is 1.50 bits per heavy atom. The first-order valence-electron chi connectivity index (χ1n) is 5.75. The summed E-state index contributed by atoms with van der Waals surface area (Å²) in [6, 6.07) is 6.16. The summed E-state index contributed by atoms with van der Waals surface area (Å²) in [5.41, 5.74) is 6.97. The van der Waals surface area contributed by atoms with Gasteiger partial charge in [0.1, 0.15) is 5.75 Å². The molecule has 0 fully saturated rings. The Morgan fingerprint density at radius 2 is 2.28 bits per heavy atom. The van der Waals surface area contributed by atoms with Gasteiger partial charge in [-0.1, -0.05) is 6.07 Å². The average molecular weight is 310 g/mol. The van der Waals surface area contributed by atoms with Crippen LogP contribution in [0.3, 0.4) is 0 Å². The predicted octanol–water partition coefficient (Wildman–Crippen LogP) is 2.86. The van der Waals surface area contributed by atoms with Crippen LogP contribution in [-0.2, 0) is 13.5 Å². The number of hydrogen-bond acceptors (Lipinski definition) is 3. The highest BCUT2D eigenvalue weighted by Gasteiger charge is 2.06. The first-order chi connectivity index (χ1) is 8.54. The Morgan fingerprint density at radius 3 is 2.83 bits per heavy atom. The smallest absolute Gasteiger partial charge is 0.165 e. The van der Waals surface area contributed by atoms with Crippen LogP contribution in [0.1, 0.15) is 12.5 Å². The van der Waals surface area contributed by atoms with E-state index in [1.165, 1.54) is 5.56 Å². The van der Waals surface area contributed by atoms with Crippen LogP contribution in [0, 0.1) is 0 Å². The third-order valence-corrected chi connectivity index (χ3v) is 3.08. The van der Waals surface area contributed by atoms with Crippen LogP contribution in [0.15, 0.2) is 35.1 Å². The van der Waals surface area contributed by atoms with E-state index in [0.29, 0.717) is 0 Å². The van der Waals surface area contributed by atoms with Crippen LogP contribution in [-0.4, -0.2) is 15.8 Å². The first-order valence-corrected chi connectivity index (χ1v) is 6.54. The van der Waals surface area contributed by atoms with Crippen molar-refractivity contribution in [1.82, 2.24) is 9.78 Å². The highest BCUT2D eigenvalue weighted by Crippen LogP contribution is 2.30. The zero-order valence-electron chi connectivity index (χ0n) is 10.4. The lowest BCUT2D eigenvalue weighted by Crippen LogP contribution is -2.17. The third kappa shape index (κ3) is 3.34. The van der Waals surface area contributed by atoms with E-state index >= 15 is 0 Å². The normalized spacial score (nSPS) is 12.4. The van der Waals surface area contributed by atoms with Gasteiger partial charge in [-0.15, -0.1) is 0 Å². The van der Waals surface area contributed by atoms with Crippen LogP contribution in [0.2, 0.25) is 0 Å². The first kappa shape index (κ1) is 13.1. The van der Waals surface area contributed by atoms with E-state index in [0.717, 1.165) is 22.4 Å². The van der Waals surface area contributed by atoms with Gasteiger partial charge in [0.25, 0.3) is 0 Å². The quantitative estimate of drug-likeness (QED) is 0.945. The molecule has 2 rings (SSSR count). The maximum absolute atomic E-state index is 5.78. The molecule has 1 aromatic carbocycles. The van der Waals surface area contributed by atoms with E-state index in [9.17, 15) is 0 Å². The Kier molecular flexibility index (Phi) is 4.04. The lowest BCUT2D eigenvalue weighted by Gasteiger charge is -2.09. The molecule has 0 amide bonds. The zero-order valence-corrected chi connectivity index (χ0v) is 12.0. The number of ether oxygens (including phenoxy) is 1. The Hall–Kier alpha value is -1.33. The number of hydrogen-bond donors (Lipinski definition) is 1. The molecule has 0 saturated heterocycles. The molecule has 0 aliphatic rings. The van der Waals surface area contributed by atoms with Gasteiger partial charge in [0.05, 0.1) is 16.9 Å². The van der Waals surface area contributed by atoms with Gasteiger partial charge in [-0.2, -0.15) is 5.10 Å². The predicted molar refractivity (Wildman–Crippen MR) is 74.8 cm³/mol. The van der Waals surface area contributed by atoms with Gasteiger partial charge >= 0.3 is 0 Å². The molecule has 1 aromatic heterocycles. The highest BCUT2D eigenvalue weighted by atomic mass is 79.9. The van der Waals surface area contributed by atoms with Crippen LogP contribution in [0.5, 0.6) is 11.5 Å². The molecule has 2 N–H and O–H groups in total.